The zero-order valence-corrected chi connectivity index (χ0v) is 15.7. The number of alkyl halides is 2. The van der Waals surface area contributed by atoms with Crippen LogP contribution >= 0.6 is 23.2 Å². The van der Waals surface area contributed by atoms with Crippen LogP contribution in [0.3, 0.4) is 0 Å². The molecule has 0 aromatic carbocycles. The second-order valence-electron chi connectivity index (χ2n) is 6.71. The van der Waals surface area contributed by atoms with E-state index in [1.165, 1.54) is 0 Å². The number of halogens is 2. The SMILES string of the molecule is CC1CC(NCCCN)NC(NC(=O)NC2CCC(Cl)C(Cl)C2)N1. The summed E-state index contributed by atoms with van der Waals surface area (Å²) < 4.78 is 0. The van der Waals surface area contributed by atoms with E-state index in [4.69, 9.17) is 28.9 Å². The Morgan fingerprint density at radius 3 is 2.67 bits per heavy atom. The molecule has 1 heterocycles. The highest BCUT2D eigenvalue weighted by molar-refractivity contribution is 6.30. The fourth-order valence-corrected chi connectivity index (χ4v) is 3.77. The van der Waals surface area contributed by atoms with Crippen molar-refractivity contribution in [3.05, 3.63) is 0 Å². The van der Waals surface area contributed by atoms with Gasteiger partial charge in [-0.3, -0.25) is 10.6 Å². The van der Waals surface area contributed by atoms with Gasteiger partial charge in [0.1, 0.15) is 6.29 Å². The maximum Gasteiger partial charge on any atom is 0.317 e. The Bertz CT molecular complexity index is 402. The molecule has 2 aliphatic rings. The van der Waals surface area contributed by atoms with Gasteiger partial charge in [-0.2, -0.15) is 0 Å². The van der Waals surface area contributed by atoms with E-state index < -0.39 is 0 Å². The third kappa shape index (κ3) is 6.54. The summed E-state index contributed by atoms with van der Waals surface area (Å²) >= 11 is 12.3. The highest BCUT2D eigenvalue weighted by Crippen LogP contribution is 2.27. The minimum atomic E-state index is -0.278. The molecular weight excluding hydrogens is 351 g/mol. The van der Waals surface area contributed by atoms with E-state index in [0.717, 1.165) is 32.2 Å². The van der Waals surface area contributed by atoms with E-state index in [1.54, 1.807) is 0 Å². The van der Waals surface area contributed by atoms with Gasteiger partial charge in [0, 0.05) is 12.1 Å². The van der Waals surface area contributed by atoms with Crippen molar-refractivity contribution >= 4 is 29.2 Å². The van der Waals surface area contributed by atoms with Crippen LogP contribution in [0.15, 0.2) is 0 Å². The van der Waals surface area contributed by atoms with E-state index in [1.807, 2.05) is 0 Å². The zero-order valence-electron chi connectivity index (χ0n) is 14.2. The third-order valence-electron chi connectivity index (χ3n) is 4.48. The molecule has 2 amide bonds. The Labute approximate surface area is 154 Å². The maximum absolute atomic E-state index is 12.2. The summed E-state index contributed by atoms with van der Waals surface area (Å²) in [6.07, 6.45) is 4.13. The molecule has 7 nitrogen and oxygen atoms in total. The van der Waals surface area contributed by atoms with Gasteiger partial charge in [-0.1, -0.05) is 0 Å². The minimum absolute atomic E-state index is 0.00402. The first-order chi connectivity index (χ1) is 11.5. The molecule has 24 heavy (non-hydrogen) atoms. The standard InChI is InChI=1S/C15H30Cl2N6O/c1-9-7-13(19-6-2-5-18)22-14(20-9)23-15(24)21-10-3-4-11(16)12(17)8-10/h9-14,19-20,22H,2-8,18H2,1H3,(H2,21,23,24). The van der Waals surface area contributed by atoms with Crippen molar-refractivity contribution < 1.29 is 4.79 Å². The largest absolute Gasteiger partial charge is 0.335 e. The van der Waals surface area contributed by atoms with Crippen molar-refractivity contribution in [2.45, 2.75) is 74.3 Å². The van der Waals surface area contributed by atoms with Crippen LogP contribution in [-0.4, -0.2) is 54.4 Å². The molecule has 6 unspecified atom stereocenters. The summed E-state index contributed by atoms with van der Waals surface area (Å²) in [6, 6.07) is 0.171. The Morgan fingerprint density at radius 1 is 1.17 bits per heavy atom. The molecule has 2 rings (SSSR count). The van der Waals surface area contributed by atoms with Crippen LogP contribution in [0.5, 0.6) is 0 Å². The molecule has 1 aliphatic heterocycles. The Morgan fingerprint density at radius 2 is 1.96 bits per heavy atom. The minimum Gasteiger partial charge on any atom is -0.335 e. The first kappa shape index (κ1) is 20.0. The van der Waals surface area contributed by atoms with E-state index >= 15 is 0 Å². The van der Waals surface area contributed by atoms with Gasteiger partial charge in [-0.05, 0) is 52.1 Å². The molecule has 0 spiro atoms. The first-order valence-electron chi connectivity index (χ1n) is 8.78. The molecular formula is C15H30Cl2N6O. The van der Waals surface area contributed by atoms with Gasteiger partial charge < -0.3 is 21.7 Å². The van der Waals surface area contributed by atoms with Crippen LogP contribution < -0.4 is 32.3 Å². The summed E-state index contributed by atoms with van der Waals surface area (Å²) in [7, 11) is 0. The van der Waals surface area contributed by atoms with Crippen LogP contribution in [0.25, 0.3) is 0 Å². The normalized spacial score (nSPS) is 37.0. The quantitative estimate of drug-likeness (QED) is 0.298. The second kappa shape index (κ2) is 9.99. The predicted octanol–water partition coefficient (Wildman–Crippen LogP) is 0.572. The summed E-state index contributed by atoms with van der Waals surface area (Å²) in [4.78, 5) is 12.2. The first-order valence-corrected chi connectivity index (χ1v) is 9.66. The number of amides is 2. The lowest BCUT2D eigenvalue weighted by molar-refractivity contribution is 0.185. The van der Waals surface area contributed by atoms with Crippen LogP contribution in [0, 0.1) is 0 Å². The molecule has 0 aromatic rings. The molecule has 1 saturated carbocycles. The van der Waals surface area contributed by atoms with Crippen molar-refractivity contribution in [3.8, 4) is 0 Å². The number of nitrogens with two attached hydrogens (primary N) is 1. The van der Waals surface area contributed by atoms with Crippen LogP contribution in [0.4, 0.5) is 4.79 Å². The molecule has 1 saturated heterocycles. The number of urea groups is 1. The third-order valence-corrected chi connectivity index (χ3v) is 5.62. The van der Waals surface area contributed by atoms with Gasteiger partial charge in [-0.25, -0.2) is 4.79 Å². The molecule has 0 radical (unpaired) electrons. The molecule has 7 N–H and O–H groups in total. The van der Waals surface area contributed by atoms with E-state index in [-0.39, 0.29) is 35.3 Å². The van der Waals surface area contributed by atoms with E-state index in [2.05, 4.69) is 33.5 Å². The lowest BCUT2D eigenvalue weighted by atomic mass is 9.95. The second-order valence-corrected chi connectivity index (χ2v) is 7.83. The molecule has 140 valence electrons. The molecule has 6 atom stereocenters. The molecule has 2 fully saturated rings. The van der Waals surface area contributed by atoms with Crippen molar-refractivity contribution in [2.75, 3.05) is 13.1 Å². The van der Waals surface area contributed by atoms with Gasteiger partial charge >= 0.3 is 6.03 Å². The summed E-state index contributed by atoms with van der Waals surface area (Å²) in [5.41, 5.74) is 5.52. The zero-order chi connectivity index (χ0) is 17.5. The lowest BCUT2D eigenvalue weighted by Gasteiger charge is -2.37. The number of nitrogens with one attached hydrogen (secondary N) is 5. The highest BCUT2D eigenvalue weighted by Gasteiger charge is 2.30. The van der Waals surface area contributed by atoms with Gasteiger partial charge in [0.2, 0.25) is 0 Å². The average molecular weight is 381 g/mol. The van der Waals surface area contributed by atoms with Crippen LogP contribution in [0.2, 0.25) is 0 Å². The highest BCUT2D eigenvalue weighted by atomic mass is 35.5. The maximum atomic E-state index is 12.2. The topological polar surface area (TPSA) is 103 Å². The van der Waals surface area contributed by atoms with E-state index in [0.29, 0.717) is 19.0 Å². The van der Waals surface area contributed by atoms with Crippen LogP contribution in [0.1, 0.15) is 39.0 Å². The van der Waals surface area contributed by atoms with Gasteiger partial charge in [0.05, 0.1) is 16.9 Å². The Balaban J connectivity index is 1.73. The van der Waals surface area contributed by atoms with Gasteiger partial charge in [-0.15, -0.1) is 23.2 Å². The fourth-order valence-electron chi connectivity index (χ4n) is 3.20. The van der Waals surface area contributed by atoms with Crippen molar-refractivity contribution in [2.24, 2.45) is 5.73 Å². The van der Waals surface area contributed by atoms with Gasteiger partial charge in [0.25, 0.3) is 0 Å². The smallest absolute Gasteiger partial charge is 0.317 e. The summed E-state index contributed by atoms with van der Waals surface area (Å²) in [5, 5.41) is 15.9. The van der Waals surface area contributed by atoms with Crippen molar-refractivity contribution in [1.29, 1.82) is 0 Å². The van der Waals surface area contributed by atoms with Crippen LogP contribution in [-0.2, 0) is 0 Å². The number of hydrogen-bond acceptors (Lipinski definition) is 5. The summed E-state index contributed by atoms with van der Waals surface area (Å²) in [5.74, 6) is 0. The van der Waals surface area contributed by atoms with Crippen molar-refractivity contribution in [1.82, 2.24) is 26.6 Å². The van der Waals surface area contributed by atoms with Crippen molar-refractivity contribution in [3.63, 3.8) is 0 Å². The lowest BCUT2D eigenvalue weighted by Crippen LogP contribution is -2.68. The average Bonchev–Trinajstić information content (AvgIpc) is 2.50. The molecule has 1 aliphatic carbocycles. The number of hydrogen-bond donors (Lipinski definition) is 6. The van der Waals surface area contributed by atoms with E-state index in [9.17, 15) is 4.79 Å². The number of rotatable bonds is 6. The molecule has 9 heteroatoms. The molecule has 0 aromatic heterocycles. The number of carbonyl (C=O) groups is 1. The Hall–Kier alpha value is -0.310. The number of carbonyl (C=O) groups excluding carboxylic acids is 1. The molecule has 0 bridgehead atoms. The summed E-state index contributed by atoms with van der Waals surface area (Å²) in [6.45, 7) is 3.63. The fraction of sp³-hybridized carbons (Fsp3) is 0.933. The predicted molar refractivity (Wildman–Crippen MR) is 98.2 cm³/mol. The monoisotopic (exact) mass is 380 g/mol. The van der Waals surface area contributed by atoms with Gasteiger partial charge in [0.15, 0.2) is 0 Å². The Kier molecular flexibility index (Phi) is 8.33.